The molecule has 7 aromatic rings. The molecule has 0 radical (unpaired) electrons. The van der Waals surface area contributed by atoms with Gasteiger partial charge in [0.25, 0.3) is 0 Å². The normalized spacial score (nSPS) is 11.3. The first-order valence-corrected chi connectivity index (χ1v) is 13.0. The molecule has 0 saturated heterocycles. The molecule has 2 nitrogen and oxygen atoms in total. The lowest BCUT2D eigenvalue weighted by Gasteiger charge is -2.09. The molecule has 39 heavy (non-hydrogen) atoms. The number of aromatic nitrogens is 1. The Kier molecular flexibility index (Phi) is 5.56. The van der Waals surface area contributed by atoms with Crippen LogP contribution in [0.15, 0.2) is 132 Å². The monoisotopic (exact) mass is 505 g/mol. The summed E-state index contributed by atoms with van der Waals surface area (Å²) in [5, 5.41) is 2.38. The van der Waals surface area contributed by atoms with E-state index in [9.17, 15) is 4.39 Å². The summed E-state index contributed by atoms with van der Waals surface area (Å²) in [5.41, 5.74) is 10.5. The maximum absolute atomic E-state index is 13.3. The number of hydrogen-bond donors (Lipinski definition) is 0. The van der Waals surface area contributed by atoms with Gasteiger partial charge in [-0.25, -0.2) is 9.37 Å². The van der Waals surface area contributed by atoms with Gasteiger partial charge in [-0.15, -0.1) is 0 Å². The lowest BCUT2D eigenvalue weighted by atomic mass is 9.96. The number of halogens is 1. The Morgan fingerprint density at radius 1 is 0.487 bits per heavy atom. The number of rotatable bonds is 4. The fourth-order valence-corrected chi connectivity index (χ4v) is 5.06. The van der Waals surface area contributed by atoms with Gasteiger partial charge in [-0.1, -0.05) is 78.9 Å². The number of fused-ring (bicyclic) bond motifs is 2. The second-order valence-electron chi connectivity index (χ2n) is 9.93. The SMILES string of the molecule is Cc1ccc2nc(-c3ccc(-c4ccc5cc(-c6ccc(-c7ccc(F)cc7)cc6)ccc5c4)cc3)oc2c1. The molecule has 0 bridgehead atoms. The summed E-state index contributed by atoms with van der Waals surface area (Å²) in [6.45, 7) is 2.05. The van der Waals surface area contributed by atoms with E-state index in [1.165, 1.54) is 34.0 Å². The zero-order chi connectivity index (χ0) is 26.3. The van der Waals surface area contributed by atoms with Crippen molar-refractivity contribution in [2.24, 2.45) is 0 Å². The van der Waals surface area contributed by atoms with Crippen molar-refractivity contribution < 1.29 is 8.81 Å². The predicted octanol–water partition coefficient (Wildman–Crippen LogP) is 10.1. The third kappa shape index (κ3) is 4.49. The van der Waals surface area contributed by atoms with E-state index < -0.39 is 0 Å². The van der Waals surface area contributed by atoms with Crippen molar-refractivity contribution in [2.45, 2.75) is 6.92 Å². The van der Waals surface area contributed by atoms with Gasteiger partial charge in [0.2, 0.25) is 5.89 Å². The number of oxazole rings is 1. The zero-order valence-electron chi connectivity index (χ0n) is 21.4. The van der Waals surface area contributed by atoms with Crippen LogP contribution in [-0.2, 0) is 0 Å². The van der Waals surface area contributed by atoms with Crippen molar-refractivity contribution in [3.05, 3.63) is 139 Å². The van der Waals surface area contributed by atoms with Crippen LogP contribution in [0.1, 0.15) is 5.56 Å². The Morgan fingerprint density at radius 3 is 1.51 bits per heavy atom. The minimum atomic E-state index is -0.221. The van der Waals surface area contributed by atoms with Gasteiger partial charge in [0.05, 0.1) is 0 Å². The summed E-state index contributed by atoms with van der Waals surface area (Å²) < 4.78 is 19.2. The van der Waals surface area contributed by atoms with Crippen LogP contribution >= 0.6 is 0 Å². The van der Waals surface area contributed by atoms with Crippen LogP contribution in [-0.4, -0.2) is 4.98 Å². The van der Waals surface area contributed by atoms with E-state index in [2.05, 4.69) is 96.8 Å². The second-order valence-corrected chi connectivity index (χ2v) is 9.93. The number of aryl methyl sites for hydroxylation is 1. The van der Waals surface area contributed by atoms with E-state index in [-0.39, 0.29) is 5.82 Å². The van der Waals surface area contributed by atoms with Crippen LogP contribution in [0.2, 0.25) is 0 Å². The second kappa shape index (κ2) is 9.38. The average Bonchev–Trinajstić information content (AvgIpc) is 3.40. The van der Waals surface area contributed by atoms with Gasteiger partial charge in [0.15, 0.2) is 5.58 Å². The van der Waals surface area contributed by atoms with Crippen molar-refractivity contribution in [3.8, 4) is 44.8 Å². The number of benzene rings is 6. The molecular weight excluding hydrogens is 481 g/mol. The van der Waals surface area contributed by atoms with Crippen molar-refractivity contribution >= 4 is 21.9 Å². The molecule has 0 N–H and O–H groups in total. The van der Waals surface area contributed by atoms with Crippen LogP contribution in [0.5, 0.6) is 0 Å². The molecule has 0 aliphatic rings. The molecule has 0 spiro atoms. The van der Waals surface area contributed by atoms with E-state index in [1.54, 1.807) is 0 Å². The molecule has 0 atom stereocenters. The highest BCUT2D eigenvalue weighted by Gasteiger charge is 2.09. The Bertz CT molecular complexity index is 1950. The van der Waals surface area contributed by atoms with Gasteiger partial charge < -0.3 is 4.42 Å². The van der Waals surface area contributed by atoms with Crippen molar-refractivity contribution in [1.82, 2.24) is 4.98 Å². The van der Waals surface area contributed by atoms with Gasteiger partial charge in [-0.2, -0.15) is 0 Å². The van der Waals surface area contributed by atoms with Gasteiger partial charge in [-0.3, -0.25) is 0 Å². The topological polar surface area (TPSA) is 26.0 Å². The molecule has 0 saturated carbocycles. The van der Waals surface area contributed by atoms with Crippen molar-refractivity contribution in [2.75, 3.05) is 0 Å². The molecule has 1 heterocycles. The molecule has 0 amide bonds. The fourth-order valence-electron chi connectivity index (χ4n) is 5.06. The van der Waals surface area contributed by atoms with E-state index in [0.29, 0.717) is 5.89 Å². The molecule has 7 rings (SSSR count). The third-order valence-electron chi connectivity index (χ3n) is 7.25. The first-order chi connectivity index (χ1) is 19.1. The van der Waals surface area contributed by atoms with Crippen molar-refractivity contribution in [1.29, 1.82) is 0 Å². The van der Waals surface area contributed by atoms with Gasteiger partial charge in [0, 0.05) is 5.56 Å². The number of nitrogens with zero attached hydrogens (tertiary/aromatic N) is 1. The van der Waals surface area contributed by atoms with E-state index in [0.717, 1.165) is 44.5 Å². The number of hydrogen-bond acceptors (Lipinski definition) is 2. The summed E-state index contributed by atoms with van der Waals surface area (Å²) in [6, 6.07) is 42.6. The van der Waals surface area contributed by atoms with E-state index >= 15 is 0 Å². The zero-order valence-corrected chi connectivity index (χ0v) is 21.4. The lowest BCUT2D eigenvalue weighted by Crippen LogP contribution is -1.84. The van der Waals surface area contributed by atoms with Crippen LogP contribution in [0.25, 0.3) is 66.7 Å². The Hall–Kier alpha value is -5.02. The summed E-state index contributed by atoms with van der Waals surface area (Å²) in [4.78, 5) is 4.64. The third-order valence-corrected chi connectivity index (χ3v) is 7.25. The van der Waals surface area contributed by atoms with Gasteiger partial charge >= 0.3 is 0 Å². The summed E-state index contributed by atoms with van der Waals surface area (Å²) >= 11 is 0. The highest BCUT2D eigenvalue weighted by Crippen LogP contribution is 2.32. The molecule has 0 aliphatic carbocycles. The van der Waals surface area contributed by atoms with Crippen molar-refractivity contribution in [3.63, 3.8) is 0 Å². The molecular formula is C36H24FNO. The Morgan fingerprint density at radius 2 is 0.949 bits per heavy atom. The maximum atomic E-state index is 13.3. The van der Waals surface area contributed by atoms with Crippen LogP contribution in [0, 0.1) is 12.7 Å². The summed E-state index contributed by atoms with van der Waals surface area (Å²) in [5.74, 6) is 0.417. The first kappa shape index (κ1) is 23.1. The summed E-state index contributed by atoms with van der Waals surface area (Å²) in [7, 11) is 0. The predicted molar refractivity (Wildman–Crippen MR) is 158 cm³/mol. The Balaban J connectivity index is 1.13. The van der Waals surface area contributed by atoms with E-state index in [1.807, 2.05) is 30.3 Å². The highest BCUT2D eigenvalue weighted by molar-refractivity contribution is 5.91. The van der Waals surface area contributed by atoms with Crippen LogP contribution < -0.4 is 0 Å². The molecule has 1 aromatic heterocycles. The quantitative estimate of drug-likeness (QED) is 0.238. The standard InChI is InChI=1S/C36H24FNO/c1-23-2-19-34-35(20-23)39-36(38-34)28-9-7-27(8-10-28)30-12-14-31-21-29(11-13-32(31)22-30)26-5-3-24(4-6-26)25-15-17-33(37)18-16-25/h2-22H,1H3. The Labute approximate surface area is 226 Å². The minimum Gasteiger partial charge on any atom is -0.436 e. The first-order valence-electron chi connectivity index (χ1n) is 13.0. The fraction of sp³-hybridized carbons (Fsp3) is 0.0278. The largest absolute Gasteiger partial charge is 0.436 e. The maximum Gasteiger partial charge on any atom is 0.227 e. The molecule has 6 aromatic carbocycles. The minimum absolute atomic E-state index is 0.221. The van der Waals surface area contributed by atoms with E-state index in [4.69, 9.17) is 4.42 Å². The highest BCUT2D eigenvalue weighted by atomic mass is 19.1. The van der Waals surface area contributed by atoms with Gasteiger partial charge in [0.1, 0.15) is 11.3 Å². The summed E-state index contributed by atoms with van der Waals surface area (Å²) in [6.07, 6.45) is 0. The van der Waals surface area contributed by atoms with Crippen LogP contribution in [0.4, 0.5) is 4.39 Å². The average molecular weight is 506 g/mol. The lowest BCUT2D eigenvalue weighted by molar-refractivity contribution is 0.619. The van der Waals surface area contributed by atoms with Crippen LogP contribution in [0.3, 0.4) is 0 Å². The molecule has 3 heteroatoms. The molecule has 0 unspecified atom stereocenters. The van der Waals surface area contributed by atoms with Gasteiger partial charge in [-0.05, 0) is 105 Å². The molecule has 186 valence electrons. The molecule has 0 aliphatic heterocycles. The molecule has 0 fully saturated rings. The smallest absolute Gasteiger partial charge is 0.227 e.